The number of likely N-dealkylation sites (tertiary alicyclic amines) is 1. The minimum Gasteiger partial charge on any atom is -0.356 e. The third-order valence-corrected chi connectivity index (χ3v) is 7.02. The van der Waals surface area contributed by atoms with Gasteiger partial charge in [0, 0.05) is 33.6 Å². The third-order valence-electron chi connectivity index (χ3n) is 5.21. The molecular weight excluding hydrogens is 392 g/mol. The molecule has 9 nitrogen and oxygen atoms in total. The lowest BCUT2D eigenvalue weighted by molar-refractivity contribution is -0.121. The van der Waals surface area contributed by atoms with Crippen molar-refractivity contribution in [1.82, 2.24) is 29.5 Å². The highest BCUT2D eigenvalue weighted by atomic mass is 32.2. The fourth-order valence-corrected chi connectivity index (χ4v) is 4.43. The van der Waals surface area contributed by atoms with Crippen LogP contribution in [0.4, 0.5) is 0 Å². The molecule has 1 aromatic heterocycles. The lowest BCUT2D eigenvalue weighted by Crippen LogP contribution is -2.28. The Morgan fingerprint density at radius 2 is 1.93 bits per heavy atom. The topological polar surface area (TPSA) is 100 Å². The normalized spacial score (nSPS) is 15.4. The number of fused-ring (bicyclic) bond motifs is 1. The Hall–Kier alpha value is -2.04. The standard InChI is InChI=1S/C19H30N6O3S/c1-23(2)29(27,28)16-8-9-18-17(15-16)21-22-25(18)14-5-7-19(26)20-10-6-13-24-11-3-4-12-24/h8-9,15H,3-7,10-14H2,1-2H3,(H,20,26). The third kappa shape index (κ3) is 5.52. The molecule has 10 heteroatoms. The van der Waals surface area contributed by atoms with Crippen molar-refractivity contribution in [3.8, 4) is 0 Å². The summed E-state index contributed by atoms with van der Waals surface area (Å²) >= 11 is 0. The molecule has 160 valence electrons. The fraction of sp³-hybridized carbons (Fsp3) is 0.632. The van der Waals surface area contributed by atoms with Gasteiger partial charge in [-0.25, -0.2) is 17.4 Å². The van der Waals surface area contributed by atoms with E-state index in [1.54, 1.807) is 16.8 Å². The van der Waals surface area contributed by atoms with E-state index in [1.807, 2.05) is 0 Å². The first-order valence-corrected chi connectivity index (χ1v) is 11.6. The zero-order valence-electron chi connectivity index (χ0n) is 17.2. The van der Waals surface area contributed by atoms with Crippen molar-refractivity contribution < 1.29 is 13.2 Å². The molecule has 1 N–H and O–H groups in total. The molecule has 29 heavy (non-hydrogen) atoms. The van der Waals surface area contributed by atoms with Crippen LogP contribution in [0.5, 0.6) is 0 Å². The van der Waals surface area contributed by atoms with E-state index in [9.17, 15) is 13.2 Å². The van der Waals surface area contributed by atoms with Crippen molar-refractivity contribution in [2.24, 2.45) is 0 Å². The molecule has 0 bridgehead atoms. The molecule has 0 saturated carbocycles. The second-order valence-electron chi connectivity index (χ2n) is 7.61. The quantitative estimate of drug-likeness (QED) is 0.575. The number of aryl methyl sites for hydroxylation is 1. The van der Waals surface area contributed by atoms with Crippen LogP contribution in [0, 0.1) is 0 Å². The van der Waals surface area contributed by atoms with Gasteiger partial charge in [-0.3, -0.25) is 4.79 Å². The number of carbonyl (C=O) groups excluding carboxylic acids is 1. The van der Waals surface area contributed by atoms with Crippen molar-refractivity contribution in [3.63, 3.8) is 0 Å². The molecule has 2 heterocycles. The average Bonchev–Trinajstić information content (AvgIpc) is 3.34. The molecule has 0 radical (unpaired) electrons. The second-order valence-corrected chi connectivity index (χ2v) is 9.76. The van der Waals surface area contributed by atoms with Crippen LogP contribution in [0.1, 0.15) is 32.1 Å². The molecule has 1 aromatic carbocycles. The van der Waals surface area contributed by atoms with Crippen molar-refractivity contribution in [1.29, 1.82) is 0 Å². The Labute approximate surface area is 172 Å². The molecule has 3 rings (SSSR count). The van der Waals surface area contributed by atoms with E-state index in [1.165, 1.54) is 50.4 Å². The van der Waals surface area contributed by atoms with Crippen LogP contribution in [0.15, 0.2) is 23.1 Å². The van der Waals surface area contributed by atoms with Crippen molar-refractivity contribution in [2.45, 2.75) is 43.5 Å². The molecule has 0 aliphatic carbocycles. The van der Waals surface area contributed by atoms with E-state index in [0.29, 0.717) is 31.4 Å². The van der Waals surface area contributed by atoms with Gasteiger partial charge in [0.2, 0.25) is 15.9 Å². The van der Waals surface area contributed by atoms with E-state index in [-0.39, 0.29) is 10.8 Å². The fourth-order valence-electron chi connectivity index (χ4n) is 3.50. The highest BCUT2D eigenvalue weighted by Crippen LogP contribution is 2.19. The summed E-state index contributed by atoms with van der Waals surface area (Å²) < 4.78 is 27.4. The van der Waals surface area contributed by atoms with Gasteiger partial charge in [-0.05, 0) is 63.5 Å². The summed E-state index contributed by atoms with van der Waals surface area (Å²) in [5.74, 6) is 0.0511. The molecule has 2 aromatic rings. The molecule has 1 saturated heterocycles. The van der Waals surface area contributed by atoms with Crippen LogP contribution in [0.25, 0.3) is 11.0 Å². The Bertz CT molecular complexity index is 935. The second kappa shape index (κ2) is 9.64. The minimum atomic E-state index is -3.50. The number of carbonyl (C=O) groups is 1. The van der Waals surface area contributed by atoms with Crippen molar-refractivity contribution >= 4 is 27.0 Å². The van der Waals surface area contributed by atoms with Crippen LogP contribution in [0.3, 0.4) is 0 Å². The number of nitrogens with zero attached hydrogens (tertiary/aromatic N) is 5. The van der Waals surface area contributed by atoms with Gasteiger partial charge in [-0.15, -0.1) is 5.10 Å². The number of rotatable bonds is 10. The van der Waals surface area contributed by atoms with E-state index in [2.05, 4.69) is 20.5 Å². The number of nitrogens with one attached hydrogen (secondary N) is 1. The predicted molar refractivity (Wildman–Crippen MR) is 111 cm³/mol. The van der Waals surface area contributed by atoms with Crippen LogP contribution in [-0.2, 0) is 21.4 Å². The number of aromatic nitrogens is 3. The van der Waals surface area contributed by atoms with E-state index >= 15 is 0 Å². The molecular formula is C19H30N6O3S. The number of benzene rings is 1. The maximum Gasteiger partial charge on any atom is 0.242 e. The summed E-state index contributed by atoms with van der Waals surface area (Å²) in [5.41, 5.74) is 1.29. The molecule has 0 unspecified atom stereocenters. The Morgan fingerprint density at radius 1 is 1.17 bits per heavy atom. The Balaban J connectivity index is 1.45. The van der Waals surface area contributed by atoms with Crippen LogP contribution < -0.4 is 5.32 Å². The van der Waals surface area contributed by atoms with Crippen LogP contribution >= 0.6 is 0 Å². The van der Waals surface area contributed by atoms with E-state index in [0.717, 1.165) is 18.5 Å². The number of hydrogen-bond donors (Lipinski definition) is 1. The van der Waals surface area contributed by atoms with Crippen LogP contribution in [-0.4, -0.2) is 78.8 Å². The van der Waals surface area contributed by atoms with E-state index in [4.69, 9.17) is 0 Å². The summed E-state index contributed by atoms with van der Waals surface area (Å²) in [7, 11) is -0.516. The van der Waals surface area contributed by atoms with Crippen LogP contribution in [0.2, 0.25) is 0 Å². The Kier molecular flexibility index (Phi) is 7.20. The summed E-state index contributed by atoms with van der Waals surface area (Å²) in [6, 6.07) is 4.80. The maximum atomic E-state index is 12.2. The summed E-state index contributed by atoms with van der Waals surface area (Å²) in [5, 5.41) is 11.2. The maximum absolute atomic E-state index is 12.2. The number of sulfonamides is 1. The van der Waals surface area contributed by atoms with Gasteiger partial charge in [0.15, 0.2) is 0 Å². The van der Waals surface area contributed by atoms with Gasteiger partial charge in [0.25, 0.3) is 0 Å². The molecule has 1 amide bonds. The summed E-state index contributed by atoms with van der Waals surface area (Å²) in [6.07, 6.45) is 4.64. The lowest BCUT2D eigenvalue weighted by Gasteiger charge is -2.14. The van der Waals surface area contributed by atoms with Gasteiger partial charge in [-0.1, -0.05) is 5.21 Å². The largest absolute Gasteiger partial charge is 0.356 e. The van der Waals surface area contributed by atoms with Gasteiger partial charge in [0.1, 0.15) is 5.52 Å². The monoisotopic (exact) mass is 422 g/mol. The predicted octanol–water partition coefficient (Wildman–Crippen LogP) is 1.06. The molecule has 1 fully saturated rings. The van der Waals surface area contributed by atoms with Gasteiger partial charge in [-0.2, -0.15) is 0 Å². The summed E-state index contributed by atoms with van der Waals surface area (Å²) in [4.78, 5) is 14.6. The first-order chi connectivity index (χ1) is 13.9. The van der Waals surface area contributed by atoms with E-state index < -0.39 is 10.0 Å². The first kappa shape index (κ1) is 21.7. The van der Waals surface area contributed by atoms with Gasteiger partial charge >= 0.3 is 0 Å². The summed E-state index contributed by atoms with van der Waals surface area (Å²) in [6.45, 7) is 4.68. The minimum absolute atomic E-state index is 0.0511. The zero-order valence-corrected chi connectivity index (χ0v) is 18.0. The Morgan fingerprint density at radius 3 is 2.66 bits per heavy atom. The lowest BCUT2D eigenvalue weighted by atomic mass is 10.2. The highest BCUT2D eigenvalue weighted by Gasteiger charge is 2.18. The highest BCUT2D eigenvalue weighted by molar-refractivity contribution is 7.89. The average molecular weight is 423 g/mol. The first-order valence-electron chi connectivity index (χ1n) is 10.1. The zero-order chi connectivity index (χ0) is 20.9. The van der Waals surface area contributed by atoms with Gasteiger partial charge < -0.3 is 10.2 Å². The van der Waals surface area contributed by atoms with Crippen molar-refractivity contribution in [3.05, 3.63) is 18.2 Å². The molecule has 1 aliphatic rings. The smallest absolute Gasteiger partial charge is 0.242 e. The number of hydrogen-bond acceptors (Lipinski definition) is 6. The SMILES string of the molecule is CN(C)S(=O)(=O)c1ccc2c(c1)nnn2CCCC(=O)NCCCN1CCCC1. The molecule has 0 spiro atoms. The van der Waals surface area contributed by atoms with Crippen molar-refractivity contribution in [2.75, 3.05) is 40.3 Å². The molecule has 0 atom stereocenters. The number of amides is 1. The molecule has 1 aliphatic heterocycles. The van der Waals surface area contributed by atoms with Gasteiger partial charge in [0.05, 0.1) is 10.4 Å².